The van der Waals surface area contributed by atoms with Crippen molar-refractivity contribution in [1.82, 2.24) is 20.2 Å². The monoisotopic (exact) mass is 342 g/mol. The molecule has 5 nitrogen and oxygen atoms in total. The molecule has 0 saturated heterocycles. The van der Waals surface area contributed by atoms with Gasteiger partial charge in [-0.05, 0) is 48.9 Å². The summed E-state index contributed by atoms with van der Waals surface area (Å²) in [6.45, 7) is 1.96. The van der Waals surface area contributed by atoms with Gasteiger partial charge in [0.1, 0.15) is 11.4 Å². The summed E-state index contributed by atoms with van der Waals surface area (Å²) < 4.78 is 5.96. The maximum Gasteiger partial charge on any atom is 0.219 e. The summed E-state index contributed by atoms with van der Waals surface area (Å²) in [6.07, 6.45) is 2.57. The fourth-order valence-electron chi connectivity index (χ4n) is 2.72. The molecule has 0 unspecified atom stereocenters. The number of hydrogen-bond donors (Lipinski definition) is 1. The largest absolute Gasteiger partial charge is 0.439 e. The van der Waals surface area contributed by atoms with Crippen LogP contribution in [0.1, 0.15) is 17.0 Å². The summed E-state index contributed by atoms with van der Waals surface area (Å²) in [5, 5.41) is 7.18. The van der Waals surface area contributed by atoms with Crippen LogP contribution in [0.15, 0.2) is 72.9 Å². The Morgan fingerprint density at radius 2 is 1.85 bits per heavy atom. The molecule has 0 aliphatic heterocycles. The number of ether oxygens (including phenoxy) is 1. The van der Waals surface area contributed by atoms with Gasteiger partial charge in [-0.15, -0.1) is 0 Å². The lowest BCUT2D eigenvalue weighted by Crippen LogP contribution is -1.93. The van der Waals surface area contributed by atoms with E-state index in [-0.39, 0.29) is 0 Å². The Morgan fingerprint density at radius 1 is 0.923 bits per heavy atom. The Kier molecular flexibility index (Phi) is 4.43. The molecular weight excluding hydrogens is 324 g/mol. The summed E-state index contributed by atoms with van der Waals surface area (Å²) >= 11 is 0. The molecule has 0 bridgehead atoms. The first-order chi connectivity index (χ1) is 12.8. The van der Waals surface area contributed by atoms with E-state index in [0.29, 0.717) is 5.88 Å². The molecule has 128 valence electrons. The van der Waals surface area contributed by atoms with Crippen LogP contribution in [0.25, 0.3) is 11.4 Å². The van der Waals surface area contributed by atoms with E-state index >= 15 is 0 Å². The van der Waals surface area contributed by atoms with E-state index in [9.17, 15) is 0 Å². The number of hydrogen-bond acceptors (Lipinski definition) is 4. The van der Waals surface area contributed by atoms with Gasteiger partial charge >= 0.3 is 0 Å². The van der Waals surface area contributed by atoms with Crippen LogP contribution in [-0.4, -0.2) is 20.2 Å². The summed E-state index contributed by atoms with van der Waals surface area (Å²) in [6, 6.07) is 21.6. The van der Waals surface area contributed by atoms with Crippen molar-refractivity contribution < 1.29 is 4.74 Å². The van der Waals surface area contributed by atoms with Crippen LogP contribution < -0.4 is 4.74 Å². The van der Waals surface area contributed by atoms with Crippen LogP contribution in [0.5, 0.6) is 11.6 Å². The lowest BCUT2D eigenvalue weighted by molar-refractivity contribution is 0.463. The maximum absolute atomic E-state index is 5.96. The van der Waals surface area contributed by atoms with E-state index in [2.05, 4.69) is 26.2 Å². The standard InChI is InChI=1S/C21H18N4O/c1-15-12-20(25-24-15)19-9-5-10-21(23-19)26-18-8-4-6-16(14-18)13-17-7-2-3-11-22-17/h2-12,14H,13H2,1H3,(H,24,25). The Hall–Kier alpha value is -3.47. The predicted molar refractivity (Wildman–Crippen MR) is 100 cm³/mol. The number of H-pyrrole nitrogens is 1. The van der Waals surface area contributed by atoms with Crippen molar-refractivity contribution in [2.75, 3.05) is 0 Å². The second-order valence-corrected chi connectivity index (χ2v) is 6.04. The molecule has 0 aliphatic rings. The molecular formula is C21H18N4O. The zero-order valence-corrected chi connectivity index (χ0v) is 14.4. The number of nitrogens with zero attached hydrogens (tertiary/aromatic N) is 3. The molecule has 0 spiro atoms. The molecule has 1 N–H and O–H groups in total. The number of aromatic nitrogens is 4. The zero-order valence-electron chi connectivity index (χ0n) is 14.4. The zero-order chi connectivity index (χ0) is 17.8. The number of nitrogens with one attached hydrogen (secondary N) is 1. The molecule has 0 amide bonds. The topological polar surface area (TPSA) is 63.7 Å². The number of pyridine rings is 2. The van der Waals surface area contributed by atoms with E-state index in [4.69, 9.17) is 4.74 Å². The van der Waals surface area contributed by atoms with Crippen LogP contribution in [0, 0.1) is 6.92 Å². The van der Waals surface area contributed by atoms with Gasteiger partial charge in [0.15, 0.2) is 0 Å². The summed E-state index contributed by atoms with van der Waals surface area (Å²) in [4.78, 5) is 8.92. The molecule has 0 radical (unpaired) electrons. The highest BCUT2D eigenvalue weighted by molar-refractivity contribution is 5.55. The molecule has 26 heavy (non-hydrogen) atoms. The van der Waals surface area contributed by atoms with Crippen molar-refractivity contribution in [2.45, 2.75) is 13.3 Å². The number of rotatable bonds is 5. The molecule has 3 aromatic heterocycles. The molecule has 1 aromatic carbocycles. The first-order valence-corrected chi connectivity index (χ1v) is 8.42. The number of benzene rings is 1. The van der Waals surface area contributed by atoms with Crippen LogP contribution in [0.2, 0.25) is 0 Å². The molecule has 4 rings (SSSR count). The fraction of sp³-hybridized carbons (Fsp3) is 0.0952. The summed E-state index contributed by atoms with van der Waals surface area (Å²) in [5.41, 5.74) is 4.74. The smallest absolute Gasteiger partial charge is 0.219 e. The Labute approximate surface area is 151 Å². The van der Waals surface area contributed by atoms with Crippen molar-refractivity contribution in [3.05, 3.63) is 89.9 Å². The minimum absolute atomic E-state index is 0.540. The van der Waals surface area contributed by atoms with Gasteiger partial charge in [-0.3, -0.25) is 10.1 Å². The molecule has 5 heteroatoms. The van der Waals surface area contributed by atoms with E-state index in [1.54, 1.807) is 0 Å². The van der Waals surface area contributed by atoms with Crippen molar-refractivity contribution in [1.29, 1.82) is 0 Å². The third-order valence-electron chi connectivity index (χ3n) is 3.92. The Morgan fingerprint density at radius 3 is 2.65 bits per heavy atom. The third kappa shape index (κ3) is 3.78. The van der Waals surface area contributed by atoms with E-state index in [1.807, 2.05) is 73.8 Å². The second kappa shape index (κ2) is 7.19. The number of aromatic amines is 1. The van der Waals surface area contributed by atoms with Crippen molar-refractivity contribution in [3.63, 3.8) is 0 Å². The predicted octanol–water partition coefficient (Wildman–Crippen LogP) is 4.56. The van der Waals surface area contributed by atoms with Gasteiger partial charge in [-0.25, -0.2) is 4.98 Å². The average Bonchev–Trinajstić information content (AvgIpc) is 3.10. The molecule has 4 aromatic rings. The van der Waals surface area contributed by atoms with E-state index in [0.717, 1.165) is 40.5 Å². The average molecular weight is 342 g/mol. The highest BCUT2D eigenvalue weighted by Gasteiger charge is 2.07. The maximum atomic E-state index is 5.96. The highest BCUT2D eigenvalue weighted by atomic mass is 16.5. The van der Waals surface area contributed by atoms with E-state index in [1.165, 1.54) is 0 Å². The van der Waals surface area contributed by atoms with Gasteiger partial charge in [0.25, 0.3) is 0 Å². The fourth-order valence-corrected chi connectivity index (χ4v) is 2.72. The van der Waals surface area contributed by atoms with Crippen LogP contribution in [-0.2, 0) is 6.42 Å². The highest BCUT2D eigenvalue weighted by Crippen LogP contribution is 2.24. The van der Waals surface area contributed by atoms with E-state index < -0.39 is 0 Å². The van der Waals surface area contributed by atoms with Crippen molar-refractivity contribution in [2.24, 2.45) is 0 Å². The quantitative estimate of drug-likeness (QED) is 0.577. The number of aryl methyl sites for hydroxylation is 1. The summed E-state index contributed by atoms with van der Waals surface area (Å²) in [7, 11) is 0. The van der Waals surface area contributed by atoms with Gasteiger partial charge in [0.05, 0.1) is 5.69 Å². The normalized spacial score (nSPS) is 10.7. The first kappa shape index (κ1) is 16.0. The van der Waals surface area contributed by atoms with Gasteiger partial charge < -0.3 is 4.74 Å². The van der Waals surface area contributed by atoms with Crippen LogP contribution >= 0.6 is 0 Å². The SMILES string of the molecule is Cc1cc(-c2cccc(Oc3cccc(Cc4ccccn4)c3)n2)n[nH]1. The van der Waals surface area contributed by atoms with Gasteiger partial charge in [-0.1, -0.05) is 24.3 Å². The van der Waals surface area contributed by atoms with Gasteiger partial charge in [0.2, 0.25) is 5.88 Å². The lowest BCUT2D eigenvalue weighted by atomic mass is 10.1. The minimum Gasteiger partial charge on any atom is -0.439 e. The molecule has 0 atom stereocenters. The summed E-state index contributed by atoms with van der Waals surface area (Å²) in [5.74, 6) is 1.29. The molecule has 0 fully saturated rings. The first-order valence-electron chi connectivity index (χ1n) is 8.42. The van der Waals surface area contributed by atoms with Crippen molar-refractivity contribution >= 4 is 0 Å². The second-order valence-electron chi connectivity index (χ2n) is 6.04. The Bertz CT molecular complexity index is 1010. The molecule has 3 heterocycles. The third-order valence-corrected chi connectivity index (χ3v) is 3.92. The van der Waals surface area contributed by atoms with Gasteiger partial charge in [-0.2, -0.15) is 5.10 Å². The van der Waals surface area contributed by atoms with Crippen LogP contribution in [0.4, 0.5) is 0 Å². The van der Waals surface area contributed by atoms with Crippen LogP contribution in [0.3, 0.4) is 0 Å². The molecule has 0 aliphatic carbocycles. The molecule has 0 saturated carbocycles. The van der Waals surface area contributed by atoms with Gasteiger partial charge in [0, 0.05) is 30.1 Å². The lowest BCUT2D eigenvalue weighted by Gasteiger charge is -2.08. The minimum atomic E-state index is 0.540. The Balaban J connectivity index is 1.53. The van der Waals surface area contributed by atoms with Crippen molar-refractivity contribution in [3.8, 4) is 23.0 Å².